The quantitative estimate of drug-likeness (QED) is 0.505. The smallest absolute Gasteiger partial charge is 0.0354 e. The summed E-state index contributed by atoms with van der Waals surface area (Å²) in [6.07, 6.45) is 11.8. The van der Waals surface area contributed by atoms with Gasteiger partial charge in [-0.25, -0.2) is 0 Å². The maximum absolute atomic E-state index is 3.75. The highest BCUT2D eigenvalue weighted by molar-refractivity contribution is 4.93. The van der Waals surface area contributed by atoms with Gasteiger partial charge in [-0.15, -0.1) is 26.3 Å². The van der Waals surface area contributed by atoms with Crippen LogP contribution in [0.15, 0.2) is 62.9 Å². The van der Waals surface area contributed by atoms with E-state index < -0.39 is 0 Å². The van der Waals surface area contributed by atoms with Crippen molar-refractivity contribution in [1.82, 2.24) is 9.80 Å². The van der Waals surface area contributed by atoms with Crippen LogP contribution in [-0.2, 0) is 0 Å². The van der Waals surface area contributed by atoms with Crippen molar-refractivity contribution >= 4 is 0 Å². The van der Waals surface area contributed by atoms with Gasteiger partial charge in [0.25, 0.3) is 0 Å². The van der Waals surface area contributed by atoms with Crippen LogP contribution in [-0.4, -0.2) is 42.5 Å². The Morgan fingerprint density at radius 1 is 0.647 bits per heavy atom. The van der Waals surface area contributed by atoms with Crippen molar-refractivity contribution in [2.24, 2.45) is 0 Å². The fraction of sp³-hybridized carbons (Fsp3) is 0.333. The summed E-state index contributed by atoms with van der Waals surface area (Å²) in [5.41, 5.74) is 0. The van der Waals surface area contributed by atoms with Crippen LogP contribution >= 0.6 is 0 Å². The van der Waals surface area contributed by atoms with Crippen LogP contribution in [0.4, 0.5) is 0 Å². The summed E-state index contributed by atoms with van der Waals surface area (Å²) in [6, 6.07) is 0. The predicted molar refractivity (Wildman–Crippen MR) is 77.9 cm³/mol. The lowest BCUT2D eigenvalue weighted by molar-refractivity contribution is 0.368. The van der Waals surface area contributed by atoms with Gasteiger partial charge in [0.05, 0.1) is 0 Å². The molecule has 0 unspecified atom stereocenters. The van der Waals surface area contributed by atoms with Crippen LogP contribution in [0.2, 0.25) is 0 Å². The van der Waals surface area contributed by atoms with E-state index >= 15 is 0 Å². The average Bonchev–Trinajstić information content (AvgIpc) is 2.30. The van der Waals surface area contributed by atoms with Gasteiger partial charge >= 0.3 is 0 Å². The molecule has 0 saturated heterocycles. The van der Waals surface area contributed by atoms with Crippen LogP contribution in [0.5, 0.6) is 0 Å². The van der Waals surface area contributed by atoms with E-state index in [1.54, 1.807) is 0 Å². The molecule has 0 aliphatic rings. The second kappa shape index (κ2) is 11.0. The Morgan fingerprint density at radius 3 is 1.53 bits per heavy atom. The Balaban J connectivity index is 4.16. The van der Waals surface area contributed by atoms with Crippen molar-refractivity contribution in [2.75, 3.05) is 32.7 Å². The summed E-state index contributed by atoms with van der Waals surface area (Å²) in [4.78, 5) is 4.40. The van der Waals surface area contributed by atoms with Gasteiger partial charge in [-0.05, 0) is 6.20 Å². The molecular formula is C15H24N2. The molecule has 0 atom stereocenters. The maximum atomic E-state index is 3.75. The third-order valence-electron chi connectivity index (χ3n) is 2.18. The molecule has 0 aromatic carbocycles. The first-order valence-electron chi connectivity index (χ1n) is 5.85. The number of hydrogen-bond donors (Lipinski definition) is 0. The first kappa shape index (κ1) is 15.5. The molecule has 0 aromatic heterocycles. The SMILES string of the molecule is C=CCN(C=CCN(CC=C)CC=C)CC=C. The summed E-state index contributed by atoms with van der Waals surface area (Å²) in [5, 5.41) is 0. The largest absolute Gasteiger partial charge is 0.370 e. The molecule has 94 valence electrons. The zero-order valence-corrected chi connectivity index (χ0v) is 10.7. The molecule has 0 aromatic rings. The molecule has 0 heterocycles. The number of rotatable bonds is 11. The van der Waals surface area contributed by atoms with Crippen molar-refractivity contribution in [3.63, 3.8) is 0 Å². The van der Waals surface area contributed by atoms with E-state index in [-0.39, 0.29) is 0 Å². The van der Waals surface area contributed by atoms with Crippen molar-refractivity contribution in [2.45, 2.75) is 0 Å². The lowest BCUT2D eigenvalue weighted by atomic mass is 10.4. The molecule has 0 fully saturated rings. The highest BCUT2D eigenvalue weighted by atomic mass is 15.1. The summed E-state index contributed by atoms with van der Waals surface area (Å²) in [6.45, 7) is 19.3. The summed E-state index contributed by atoms with van der Waals surface area (Å²) in [7, 11) is 0. The lowest BCUT2D eigenvalue weighted by Gasteiger charge is -2.19. The molecule has 0 spiro atoms. The van der Waals surface area contributed by atoms with Gasteiger partial charge in [-0.3, -0.25) is 4.90 Å². The second-order valence-corrected chi connectivity index (χ2v) is 3.71. The third kappa shape index (κ3) is 8.29. The van der Waals surface area contributed by atoms with Gasteiger partial charge < -0.3 is 4.90 Å². The number of hydrogen-bond acceptors (Lipinski definition) is 2. The molecule has 2 nitrogen and oxygen atoms in total. The Kier molecular flexibility index (Phi) is 9.97. The van der Waals surface area contributed by atoms with E-state index in [1.807, 2.05) is 24.3 Å². The topological polar surface area (TPSA) is 6.48 Å². The monoisotopic (exact) mass is 232 g/mol. The fourth-order valence-corrected chi connectivity index (χ4v) is 1.46. The molecule has 0 N–H and O–H groups in total. The van der Waals surface area contributed by atoms with E-state index in [9.17, 15) is 0 Å². The fourth-order valence-electron chi connectivity index (χ4n) is 1.46. The Labute approximate surface area is 106 Å². The van der Waals surface area contributed by atoms with E-state index in [1.165, 1.54) is 0 Å². The van der Waals surface area contributed by atoms with Crippen LogP contribution in [0.25, 0.3) is 0 Å². The van der Waals surface area contributed by atoms with E-state index in [0.29, 0.717) is 0 Å². The zero-order valence-electron chi connectivity index (χ0n) is 10.7. The van der Waals surface area contributed by atoms with Crippen molar-refractivity contribution in [3.05, 3.63) is 62.9 Å². The average molecular weight is 232 g/mol. The minimum Gasteiger partial charge on any atom is -0.370 e. The second-order valence-electron chi connectivity index (χ2n) is 3.71. The highest BCUT2D eigenvalue weighted by Crippen LogP contribution is 1.94. The molecule has 0 aliphatic carbocycles. The maximum Gasteiger partial charge on any atom is 0.0354 e. The molecule has 0 radical (unpaired) electrons. The number of nitrogens with zero attached hydrogens (tertiary/aromatic N) is 2. The third-order valence-corrected chi connectivity index (χ3v) is 2.18. The minimum atomic E-state index is 0.839. The Bertz CT molecular complexity index is 246. The van der Waals surface area contributed by atoms with Gasteiger partial charge in [-0.2, -0.15) is 0 Å². The molecule has 0 saturated carbocycles. The van der Waals surface area contributed by atoms with Gasteiger partial charge in [0, 0.05) is 32.7 Å². The first-order chi connectivity index (χ1) is 8.28. The summed E-state index contributed by atoms with van der Waals surface area (Å²) < 4.78 is 0. The van der Waals surface area contributed by atoms with E-state index in [0.717, 1.165) is 32.7 Å². The van der Waals surface area contributed by atoms with Crippen LogP contribution in [0.1, 0.15) is 0 Å². The van der Waals surface area contributed by atoms with Crippen molar-refractivity contribution in [3.8, 4) is 0 Å². The minimum absolute atomic E-state index is 0.839. The molecule has 0 bridgehead atoms. The molecular weight excluding hydrogens is 208 g/mol. The molecule has 0 rings (SSSR count). The van der Waals surface area contributed by atoms with Gasteiger partial charge in [0.1, 0.15) is 0 Å². The van der Waals surface area contributed by atoms with Gasteiger partial charge in [0.15, 0.2) is 0 Å². The highest BCUT2D eigenvalue weighted by Gasteiger charge is 1.97. The Morgan fingerprint density at radius 2 is 1.12 bits per heavy atom. The van der Waals surface area contributed by atoms with E-state index in [4.69, 9.17) is 0 Å². The van der Waals surface area contributed by atoms with Crippen molar-refractivity contribution < 1.29 is 0 Å². The lowest BCUT2D eigenvalue weighted by Crippen LogP contribution is -2.24. The van der Waals surface area contributed by atoms with Crippen LogP contribution < -0.4 is 0 Å². The zero-order chi connectivity index (χ0) is 12.9. The molecule has 0 amide bonds. The first-order valence-corrected chi connectivity index (χ1v) is 5.85. The normalized spacial score (nSPS) is 10.4. The van der Waals surface area contributed by atoms with Crippen LogP contribution in [0, 0.1) is 0 Å². The molecule has 17 heavy (non-hydrogen) atoms. The molecule has 0 aliphatic heterocycles. The van der Waals surface area contributed by atoms with Gasteiger partial charge in [-0.1, -0.05) is 30.4 Å². The predicted octanol–water partition coefficient (Wildman–Crippen LogP) is 2.85. The van der Waals surface area contributed by atoms with Crippen LogP contribution in [0.3, 0.4) is 0 Å². The standard InChI is InChI=1S/C15H24N2/c1-5-10-16(11-6-2)14-9-15-17(12-7-3)13-8-4/h5-9,14H,1-4,10-13,15H2. The van der Waals surface area contributed by atoms with Gasteiger partial charge in [0.2, 0.25) is 0 Å². The summed E-state index contributed by atoms with van der Waals surface area (Å²) >= 11 is 0. The van der Waals surface area contributed by atoms with E-state index in [2.05, 4.69) is 48.4 Å². The summed E-state index contributed by atoms with van der Waals surface area (Å²) in [5.74, 6) is 0. The molecule has 2 heteroatoms. The van der Waals surface area contributed by atoms with Crippen molar-refractivity contribution in [1.29, 1.82) is 0 Å². The Hall–Kier alpha value is -1.54.